The molecule has 1 amide bonds. The van der Waals surface area contributed by atoms with Crippen molar-refractivity contribution in [2.24, 2.45) is 0 Å². The number of halogens is 4. The minimum absolute atomic E-state index is 0.0768. The lowest BCUT2D eigenvalue weighted by molar-refractivity contribution is -0.137. The van der Waals surface area contributed by atoms with E-state index < -0.39 is 17.6 Å². The molecule has 0 bridgehead atoms. The summed E-state index contributed by atoms with van der Waals surface area (Å²) in [6.45, 7) is 4.45. The normalized spacial score (nSPS) is 11.5. The Labute approximate surface area is 215 Å². The zero-order chi connectivity index (χ0) is 26.3. The van der Waals surface area contributed by atoms with E-state index in [-0.39, 0.29) is 11.3 Å². The van der Waals surface area contributed by atoms with Crippen LogP contribution in [0.25, 0.3) is 6.08 Å². The van der Waals surface area contributed by atoms with Crippen LogP contribution in [0.1, 0.15) is 29.2 Å². The molecule has 1 N–H and O–H groups in total. The topological polar surface area (TPSA) is 71.3 Å². The SMILES string of the molecule is CCOc1cc(/C=C(\C#N)C(=O)Nc2cccc(C(F)(F)F)c2)cc(Br)c1OCc1cccc(C)c1. The molecular weight excluding hydrogens is 537 g/mol. The van der Waals surface area contributed by atoms with Crippen molar-refractivity contribution in [1.29, 1.82) is 5.26 Å². The van der Waals surface area contributed by atoms with Crippen LogP contribution in [0.5, 0.6) is 11.5 Å². The summed E-state index contributed by atoms with van der Waals surface area (Å²) >= 11 is 3.46. The van der Waals surface area contributed by atoms with Gasteiger partial charge in [0.1, 0.15) is 18.2 Å². The van der Waals surface area contributed by atoms with Crippen LogP contribution in [0.2, 0.25) is 0 Å². The molecular formula is C27H22BrF3N2O3. The summed E-state index contributed by atoms with van der Waals surface area (Å²) in [7, 11) is 0. The van der Waals surface area contributed by atoms with E-state index in [9.17, 15) is 23.2 Å². The number of hydrogen-bond donors (Lipinski definition) is 1. The van der Waals surface area contributed by atoms with Gasteiger partial charge in [0.05, 0.1) is 16.6 Å². The first-order chi connectivity index (χ1) is 17.1. The zero-order valence-electron chi connectivity index (χ0n) is 19.4. The Morgan fingerprint density at radius 1 is 1.11 bits per heavy atom. The van der Waals surface area contributed by atoms with Crippen molar-refractivity contribution in [2.45, 2.75) is 26.6 Å². The molecule has 0 spiro atoms. The fourth-order valence-electron chi connectivity index (χ4n) is 3.32. The molecule has 0 aliphatic heterocycles. The minimum Gasteiger partial charge on any atom is -0.490 e. The van der Waals surface area contributed by atoms with Crippen molar-refractivity contribution >= 4 is 33.6 Å². The second-order valence-corrected chi connectivity index (χ2v) is 8.60. The number of aryl methyl sites for hydroxylation is 1. The molecule has 3 rings (SSSR count). The van der Waals surface area contributed by atoms with E-state index in [1.54, 1.807) is 18.2 Å². The van der Waals surface area contributed by atoms with Crippen LogP contribution in [0, 0.1) is 18.3 Å². The third kappa shape index (κ3) is 7.12. The molecule has 0 aliphatic carbocycles. The Kier molecular flexibility index (Phi) is 8.78. The number of ether oxygens (including phenoxy) is 2. The molecule has 0 atom stereocenters. The largest absolute Gasteiger partial charge is 0.490 e. The van der Waals surface area contributed by atoms with Gasteiger partial charge in [-0.3, -0.25) is 4.79 Å². The Bertz CT molecular complexity index is 1330. The van der Waals surface area contributed by atoms with E-state index in [0.717, 1.165) is 23.3 Å². The van der Waals surface area contributed by atoms with Crippen molar-refractivity contribution in [3.63, 3.8) is 0 Å². The number of anilines is 1. The maximum absolute atomic E-state index is 13.0. The van der Waals surface area contributed by atoms with Crippen LogP contribution in [0.4, 0.5) is 18.9 Å². The Hall–Kier alpha value is -3.77. The van der Waals surface area contributed by atoms with Crippen LogP contribution in [-0.4, -0.2) is 12.5 Å². The maximum Gasteiger partial charge on any atom is 0.416 e. The van der Waals surface area contributed by atoms with E-state index in [2.05, 4.69) is 21.2 Å². The predicted molar refractivity (Wildman–Crippen MR) is 134 cm³/mol. The van der Waals surface area contributed by atoms with E-state index in [1.807, 2.05) is 38.1 Å². The summed E-state index contributed by atoms with van der Waals surface area (Å²) in [5.41, 5.74) is 1.26. The number of nitrogens with zero attached hydrogens (tertiary/aromatic N) is 1. The van der Waals surface area contributed by atoms with Crippen LogP contribution >= 0.6 is 15.9 Å². The summed E-state index contributed by atoms with van der Waals surface area (Å²) in [4.78, 5) is 12.6. The Morgan fingerprint density at radius 2 is 1.86 bits per heavy atom. The molecule has 9 heteroatoms. The van der Waals surface area contributed by atoms with Crippen LogP contribution in [0.15, 0.2) is 70.7 Å². The maximum atomic E-state index is 13.0. The standard InChI is InChI=1S/C27H22BrF3N2O3/c1-3-35-24-13-19(12-23(28)25(24)36-16-18-7-4-6-17(2)10-18)11-20(15-32)26(34)33-22-9-5-8-21(14-22)27(29,30)31/h4-14H,3,16H2,1-2H3,(H,33,34)/b20-11+. The summed E-state index contributed by atoms with van der Waals surface area (Å²) in [5, 5.41) is 11.9. The lowest BCUT2D eigenvalue weighted by atomic mass is 10.1. The number of nitriles is 1. The van der Waals surface area contributed by atoms with Gasteiger partial charge in [0.15, 0.2) is 11.5 Å². The second-order valence-electron chi connectivity index (χ2n) is 7.74. The summed E-state index contributed by atoms with van der Waals surface area (Å²) in [5.74, 6) is 0.0227. The molecule has 186 valence electrons. The highest BCUT2D eigenvalue weighted by Gasteiger charge is 2.30. The molecule has 3 aromatic carbocycles. The van der Waals surface area contributed by atoms with Crippen LogP contribution < -0.4 is 14.8 Å². The first-order valence-corrected chi connectivity index (χ1v) is 11.6. The highest BCUT2D eigenvalue weighted by atomic mass is 79.9. The third-order valence-electron chi connectivity index (χ3n) is 4.92. The van der Waals surface area contributed by atoms with Gasteiger partial charge in [0, 0.05) is 5.69 Å². The number of amides is 1. The molecule has 0 aliphatic rings. The van der Waals surface area contributed by atoms with Gasteiger partial charge in [0.25, 0.3) is 5.91 Å². The van der Waals surface area contributed by atoms with Gasteiger partial charge in [-0.2, -0.15) is 18.4 Å². The molecule has 0 aromatic heterocycles. The number of nitrogens with one attached hydrogen (secondary N) is 1. The fraction of sp³-hybridized carbons (Fsp3) is 0.185. The van der Waals surface area contributed by atoms with Crippen molar-refractivity contribution < 1.29 is 27.4 Å². The minimum atomic E-state index is -4.56. The number of rotatable bonds is 8. The molecule has 0 unspecified atom stereocenters. The predicted octanol–water partition coefficient (Wildman–Crippen LogP) is 7.30. The van der Waals surface area contributed by atoms with Crippen molar-refractivity contribution in [1.82, 2.24) is 0 Å². The Balaban J connectivity index is 1.84. The van der Waals surface area contributed by atoms with Gasteiger partial charge >= 0.3 is 6.18 Å². The van der Waals surface area contributed by atoms with E-state index in [0.29, 0.717) is 34.7 Å². The molecule has 0 heterocycles. The summed E-state index contributed by atoms with van der Waals surface area (Å²) in [6.07, 6.45) is -3.24. The van der Waals surface area contributed by atoms with Gasteiger partial charge in [-0.05, 0) is 77.3 Å². The smallest absolute Gasteiger partial charge is 0.416 e. The molecule has 5 nitrogen and oxygen atoms in total. The first-order valence-electron chi connectivity index (χ1n) is 10.9. The van der Waals surface area contributed by atoms with E-state index in [1.165, 1.54) is 18.2 Å². The van der Waals surface area contributed by atoms with Crippen molar-refractivity contribution in [2.75, 3.05) is 11.9 Å². The second kappa shape index (κ2) is 11.8. The number of alkyl halides is 3. The first kappa shape index (κ1) is 26.8. The molecule has 3 aromatic rings. The molecule has 0 radical (unpaired) electrons. The number of benzene rings is 3. The zero-order valence-corrected chi connectivity index (χ0v) is 21.0. The average Bonchev–Trinajstić information content (AvgIpc) is 2.82. The number of hydrogen-bond acceptors (Lipinski definition) is 4. The van der Waals surface area contributed by atoms with Crippen molar-refractivity contribution in [3.05, 3.63) is 93.0 Å². The highest BCUT2D eigenvalue weighted by molar-refractivity contribution is 9.10. The molecule has 0 saturated heterocycles. The van der Waals surface area contributed by atoms with Crippen LogP contribution in [-0.2, 0) is 17.6 Å². The van der Waals surface area contributed by atoms with Gasteiger partial charge in [-0.25, -0.2) is 0 Å². The summed E-state index contributed by atoms with van der Waals surface area (Å²) < 4.78 is 51.1. The quantitative estimate of drug-likeness (QED) is 0.232. The lowest BCUT2D eigenvalue weighted by Crippen LogP contribution is -2.14. The van der Waals surface area contributed by atoms with Crippen molar-refractivity contribution in [3.8, 4) is 17.6 Å². The number of carbonyl (C=O) groups excluding carboxylic acids is 1. The van der Waals surface area contributed by atoms with E-state index in [4.69, 9.17) is 9.47 Å². The van der Waals surface area contributed by atoms with Gasteiger partial charge in [-0.15, -0.1) is 0 Å². The highest BCUT2D eigenvalue weighted by Crippen LogP contribution is 2.38. The van der Waals surface area contributed by atoms with E-state index >= 15 is 0 Å². The average molecular weight is 559 g/mol. The Morgan fingerprint density at radius 3 is 2.53 bits per heavy atom. The van der Waals surface area contributed by atoms with Crippen LogP contribution in [0.3, 0.4) is 0 Å². The van der Waals surface area contributed by atoms with Gasteiger partial charge in [-0.1, -0.05) is 35.9 Å². The molecule has 0 saturated carbocycles. The molecule has 36 heavy (non-hydrogen) atoms. The monoisotopic (exact) mass is 558 g/mol. The molecule has 0 fully saturated rings. The lowest BCUT2D eigenvalue weighted by Gasteiger charge is -2.15. The number of carbonyl (C=O) groups is 1. The fourth-order valence-corrected chi connectivity index (χ4v) is 3.89. The summed E-state index contributed by atoms with van der Waals surface area (Å²) in [6, 6.07) is 17.1. The van der Waals surface area contributed by atoms with Gasteiger partial charge < -0.3 is 14.8 Å². The third-order valence-corrected chi connectivity index (χ3v) is 5.51. The van der Waals surface area contributed by atoms with Gasteiger partial charge in [0.2, 0.25) is 0 Å².